The number of carbonyl (C=O) groups is 1. The van der Waals surface area contributed by atoms with Gasteiger partial charge in [-0.05, 0) is 12.1 Å². The summed E-state index contributed by atoms with van der Waals surface area (Å²) in [5.74, 6) is 0.180. The van der Waals surface area contributed by atoms with Crippen LogP contribution in [-0.2, 0) is 13.6 Å². The molecule has 0 bridgehead atoms. The van der Waals surface area contributed by atoms with Crippen molar-refractivity contribution in [2.24, 2.45) is 7.05 Å². The van der Waals surface area contributed by atoms with Crippen molar-refractivity contribution in [3.63, 3.8) is 0 Å². The maximum Gasteiger partial charge on any atom is 0.164 e. The summed E-state index contributed by atoms with van der Waals surface area (Å²) in [5.41, 5.74) is 1.77. The smallest absolute Gasteiger partial charge is 0.164 e. The highest BCUT2D eigenvalue weighted by Crippen LogP contribution is 2.07. The van der Waals surface area contributed by atoms with E-state index in [4.69, 9.17) is 0 Å². The summed E-state index contributed by atoms with van der Waals surface area (Å²) in [6, 6.07) is 3.83. The fraction of sp³-hybridized carbons (Fsp3) is 0.333. The molecular formula is C12H15N3O. The van der Waals surface area contributed by atoms with E-state index in [-0.39, 0.29) is 5.78 Å². The summed E-state index contributed by atoms with van der Waals surface area (Å²) in [6.45, 7) is 2.58. The predicted octanol–water partition coefficient (Wildman–Crippen LogP) is 1.86. The number of ketones is 1. The summed E-state index contributed by atoms with van der Waals surface area (Å²) in [6.07, 6.45) is 6.25. The summed E-state index contributed by atoms with van der Waals surface area (Å²) >= 11 is 0. The van der Waals surface area contributed by atoms with Crippen LogP contribution in [0.2, 0.25) is 0 Å². The number of aryl methyl sites for hydroxylation is 1. The van der Waals surface area contributed by atoms with Gasteiger partial charge in [0.1, 0.15) is 0 Å². The van der Waals surface area contributed by atoms with Gasteiger partial charge in [-0.1, -0.05) is 6.92 Å². The van der Waals surface area contributed by atoms with E-state index in [1.165, 1.54) is 0 Å². The van der Waals surface area contributed by atoms with E-state index in [0.29, 0.717) is 13.0 Å². The SMILES string of the molecule is CCC(=O)c1ccn(Cc2ccn(C)n2)c1. The lowest BCUT2D eigenvalue weighted by atomic mass is 10.2. The van der Waals surface area contributed by atoms with Crippen LogP contribution in [0.25, 0.3) is 0 Å². The number of carbonyl (C=O) groups excluding carboxylic acids is 1. The molecule has 0 unspecified atom stereocenters. The van der Waals surface area contributed by atoms with Crippen molar-refractivity contribution >= 4 is 5.78 Å². The van der Waals surface area contributed by atoms with Gasteiger partial charge in [0.15, 0.2) is 5.78 Å². The molecule has 0 radical (unpaired) electrons. The molecule has 0 aliphatic carbocycles. The van der Waals surface area contributed by atoms with Gasteiger partial charge in [-0.15, -0.1) is 0 Å². The fourth-order valence-electron chi connectivity index (χ4n) is 1.64. The van der Waals surface area contributed by atoms with Gasteiger partial charge in [-0.3, -0.25) is 9.48 Å². The van der Waals surface area contributed by atoms with Gasteiger partial charge in [-0.2, -0.15) is 5.10 Å². The minimum Gasteiger partial charge on any atom is -0.348 e. The van der Waals surface area contributed by atoms with Gasteiger partial charge in [0.05, 0.1) is 12.2 Å². The first-order valence-electron chi connectivity index (χ1n) is 5.36. The third-order valence-electron chi connectivity index (χ3n) is 2.51. The van der Waals surface area contributed by atoms with Crippen molar-refractivity contribution in [2.45, 2.75) is 19.9 Å². The lowest BCUT2D eigenvalue weighted by Gasteiger charge is -1.98. The molecule has 4 heteroatoms. The highest BCUT2D eigenvalue weighted by Gasteiger charge is 2.05. The van der Waals surface area contributed by atoms with Crippen LogP contribution >= 0.6 is 0 Å². The molecule has 0 saturated heterocycles. The Balaban J connectivity index is 2.11. The molecule has 84 valence electrons. The summed E-state index contributed by atoms with van der Waals surface area (Å²) in [5, 5.41) is 4.29. The molecule has 0 aliphatic heterocycles. The summed E-state index contributed by atoms with van der Waals surface area (Å²) < 4.78 is 3.75. The van der Waals surface area contributed by atoms with Gasteiger partial charge in [0.25, 0.3) is 0 Å². The molecule has 0 N–H and O–H groups in total. The zero-order chi connectivity index (χ0) is 11.5. The topological polar surface area (TPSA) is 39.8 Å². The molecule has 0 amide bonds. The number of rotatable bonds is 4. The molecule has 0 aromatic carbocycles. The fourth-order valence-corrected chi connectivity index (χ4v) is 1.64. The Bertz CT molecular complexity index is 496. The number of aromatic nitrogens is 3. The van der Waals surface area contributed by atoms with Crippen LogP contribution in [0.5, 0.6) is 0 Å². The number of nitrogens with zero attached hydrogens (tertiary/aromatic N) is 3. The average Bonchev–Trinajstić information content (AvgIpc) is 2.87. The molecule has 0 fully saturated rings. The highest BCUT2D eigenvalue weighted by atomic mass is 16.1. The van der Waals surface area contributed by atoms with Crippen molar-refractivity contribution < 1.29 is 4.79 Å². The predicted molar refractivity (Wildman–Crippen MR) is 61.4 cm³/mol. The molecule has 0 atom stereocenters. The Morgan fingerprint density at radius 2 is 2.19 bits per heavy atom. The van der Waals surface area contributed by atoms with E-state index in [1.54, 1.807) is 4.68 Å². The molecule has 4 nitrogen and oxygen atoms in total. The minimum absolute atomic E-state index is 0.180. The van der Waals surface area contributed by atoms with E-state index in [2.05, 4.69) is 5.10 Å². The van der Waals surface area contributed by atoms with E-state index in [0.717, 1.165) is 11.3 Å². The van der Waals surface area contributed by atoms with Gasteiger partial charge in [0.2, 0.25) is 0 Å². The molecule has 0 aliphatic rings. The molecule has 16 heavy (non-hydrogen) atoms. The number of hydrogen-bond acceptors (Lipinski definition) is 2. The van der Waals surface area contributed by atoms with Crippen molar-refractivity contribution in [2.75, 3.05) is 0 Å². The lowest BCUT2D eigenvalue weighted by Crippen LogP contribution is -1.99. The van der Waals surface area contributed by atoms with Gasteiger partial charge >= 0.3 is 0 Å². The first-order chi connectivity index (χ1) is 7.69. The molecule has 2 rings (SSSR count). The summed E-state index contributed by atoms with van der Waals surface area (Å²) in [7, 11) is 1.89. The van der Waals surface area contributed by atoms with Gasteiger partial charge in [-0.25, -0.2) is 0 Å². The van der Waals surface area contributed by atoms with E-state index in [1.807, 2.05) is 49.3 Å². The van der Waals surface area contributed by atoms with Crippen molar-refractivity contribution in [3.05, 3.63) is 42.0 Å². The standard InChI is InChI=1S/C12H15N3O/c1-3-12(16)10-4-7-15(8-10)9-11-5-6-14(2)13-11/h4-8H,3,9H2,1-2H3. The molecule has 0 saturated carbocycles. The van der Waals surface area contributed by atoms with Gasteiger partial charge < -0.3 is 4.57 Å². The molecule has 2 aromatic rings. The lowest BCUT2D eigenvalue weighted by molar-refractivity contribution is 0.0988. The van der Waals surface area contributed by atoms with Crippen LogP contribution in [0.15, 0.2) is 30.7 Å². The van der Waals surface area contributed by atoms with Crippen LogP contribution in [0.3, 0.4) is 0 Å². The van der Waals surface area contributed by atoms with Crippen LogP contribution in [0.1, 0.15) is 29.4 Å². The Hall–Kier alpha value is -1.84. The third kappa shape index (κ3) is 2.21. The maximum absolute atomic E-state index is 11.5. The summed E-state index contributed by atoms with van der Waals surface area (Å²) in [4.78, 5) is 11.5. The molecule has 0 spiro atoms. The monoisotopic (exact) mass is 217 g/mol. The van der Waals surface area contributed by atoms with Crippen molar-refractivity contribution in [1.29, 1.82) is 0 Å². The third-order valence-corrected chi connectivity index (χ3v) is 2.51. The number of Topliss-reactive ketones (excluding diaryl/α,β-unsaturated/α-hetero) is 1. The van der Waals surface area contributed by atoms with Crippen molar-refractivity contribution in [1.82, 2.24) is 14.3 Å². The van der Waals surface area contributed by atoms with E-state index < -0.39 is 0 Å². The second-order valence-electron chi connectivity index (χ2n) is 3.83. The Labute approximate surface area is 94.5 Å². The van der Waals surface area contributed by atoms with E-state index in [9.17, 15) is 4.79 Å². The molecule has 2 aromatic heterocycles. The first-order valence-corrected chi connectivity index (χ1v) is 5.36. The van der Waals surface area contributed by atoms with Crippen molar-refractivity contribution in [3.8, 4) is 0 Å². The average molecular weight is 217 g/mol. The largest absolute Gasteiger partial charge is 0.348 e. The zero-order valence-corrected chi connectivity index (χ0v) is 9.55. The zero-order valence-electron chi connectivity index (χ0n) is 9.55. The van der Waals surface area contributed by atoms with Crippen LogP contribution in [-0.4, -0.2) is 20.1 Å². The highest BCUT2D eigenvalue weighted by molar-refractivity contribution is 5.95. The normalized spacial score (nSPS) is 10.6. The quantitative estimate of drug-likeness (QED) is 0.733. The maximum atomic E-state index is 11.5. The van der Waals surface area contributed by atoms with Crippen LogP contribution in [0.4, 0.5) is 0 Å². The second kappa shape index (κ2) is 4.35. The van der Waals surface area contributed by atoms with Crippen LogP contribution in [0, 0.1) is 0 Å². The van der Waals surface area contributed by atoms with E-state index >= 15 is 0 Å². The molecule has 2 heterocycles. The van der Waals surface area contributed by atoms with Crippen LogP contribution < -0.4 is 0 Å². The Morgan fingerprint density at radius 1 is 1.38 bits per heavy atom. The molecular weight excluding hydrogens is 202 g/mol. The number of hydrogen-bond donors (Lipinski definition) is 0. The Morgan fingerprint density at radius 3 is 2.81 bits per heavy atom. The second-order valence-corrected chi connectivity index (χ2v) is 3.83. The Kier molecular flexibility index (Phi) is 2.90. The van der Waals surface area contributed by atoms with Gasteiger partial charge in [0, 0.05) is 37.6 Å². The minimum atomic E-state index is 0.180. The first kappa shape index (κ1) is 10.7.